The Labute approximate surface area is 196 Å². The van der Waals surface area contributed by atoms with Gasteiger partial charge in [-0.15, -0.1) is 3.89 Å². The quantitative estimate of drug-likeness (QED) is 0.325. The lowest BCUT2D eigenvalue weighted by molar-refractivity contribution is 0.198. The summed E-state index contributed by atoms with van der Waals surface area (Å²) in [5, 5.41) is 5.05. The molecule has 0 bridgehead atoms. The van der Waals surface area contributed by atoms with Crippen LogP contribution in [0.3, 0.4) is 0 Å². The second-order valence-corrected chi connectivity index (χ2v) is 9.20. The van der Waals surface area contributed by atoms with Crippen LogP contribution in [0.2, 0.25) is 0 Å². The van der Waals surface area contributed by atoms with E-state index in [-0.39, 0.29) is 11.6 Å². The van der Waals surface area contributed by atoms with E-state index in [1.54, 1.807) is 24.3 Å². The molecule has 1 aliphatic heterocycles. The summed E-state index contributed by atoms with van der Waals surface area (Å²) in [6.45, 7) is 4.78. The third-order valence-electron chi connectivity index (χ3n) is 4.83. The molecule has 0 spiro atoms. The number of urea groups is 1. The molecule has 2 aromatic carbocycles. The number of hydrogen-bond donors (Lipinski definition) is 4. The number of nitrogens with zero attached hydrogens (tertiary/aromatic N) is 3. The normalized spacial score (nSPS) is 15.2. The van der Waals surface area contributed by atoms with E-state index in [0.717, 1.165) is 12.1 Å². The minimum absolute atomic E-state index is 0.132. The molecular weight excluding hydrogens is 465 g/mol. The van der Waals surface area contributed by atoms with Crippen LogP contribution in [-0.4, -0.2) is 50.1 Å². The summed E-state index contributed by atoms with van der Waals surface area (Å²) in [7, 11) is -4.86. The van der Waals surface area contributed by atoms with Crippen LogP contribution in [0.25, 0.3) is 0 Å². The molecule has 0 atom stereocenters. The van der Waals surface area contributed by atoms with E-state index in [1.165, 1.54) is 12.1 Å². The van der Waals surface area contributed by atoms with Gasteiger partial charge in [0.15, 0.2) is 0 Å². The van der Waals surface area contributed by atoms with Crippen molar-refractivity contribution >= 4 is 39.5 Å². The van der Waals surface area contributed by atoms with Gasteiger partial charge in [-0.3, -0.25) is 0 Å². The predicted octanol–water partition coefficient (Wildman–Crippen LogP) is 2.44. The van der Waals surface area contributed by atoms with Crippen molar-refractivity contribution in [3.05, 3.63) is 48.5 Å². The van der Waals surface area contributed by atoms with Crippen molar-refractivity contribution in [2.75, 3.05) is 23.8 Å². The molecule has 34 heavy (non-hydrogen) atoms. The van der Waals surface area contributed by atoms with Gasteiger partial charge in [0, 0.05) is 17.9 Å². The van der Waals surface area contributed by atoms with E-state index < -0.39 is 26.8 Å². The standard InChI is InChI=1S/C21H26FN7O4S/c1-21(2)28-18(23)27-19(24)29(21)11-4-12-33-16-9-7-14(8-10-16)25-20(30)26-15-5-3-6-17(13-15)34(22,31)32/h3,5-10,13H,4,11-12H2,1-2H3,(H2,25,26,30)(H4,23,24,27,28). The molecule has 0 fully saturated rings. The first-order valence-corrected chi connectivity index (χ1v) is 11.7. The summed E-state index contributed by atoms with van der Waals surface area (Å²) in [6, 6.07) is 10.9. The molecule has 0 aromatic heterocycles. The highest BCUT2D eigenvalue weighted by molar-refractivity contribution is 7.86. The second-order valence-electron chi connectivity index (χ2n) is 7.86. The Kier molecular flexibility index (Phi) is 7.25. The molecule has 182 valence electrons. The largest absolute Gasteiger partial charge is 0.494 e. The summed E-state index contributed by atoms with van der Waals surface area (Å²) in [5.41, 5.74) is 11.6. The number of hydrogen-bond acceptors (Lipinski definition) is 9. The number of anilines is 2. The first kappa shape index (κ1) is 24.8. The number of rotatable bonds is 8. The van der Waals surface area contributed by atoms with Gasteiger partial charge >= 0.3 is 16.3 Å². The number of benzene rings is 2. The summed E-state index contributed by atoms with van der Waals surface area (Å²) in [4.78, 5) is 21.7. The maximum atomic E-state index is 13.1. The van der Waals surface area contributed by atoms with Crippen LogP contribution in [0, 0.1) is 0 Å². The maximum absolute atomic E-state index is 13.1. The molecule has 13 heteroatoms. The minimum Gasteiger partial charge on any atom is -0.494 e. The van der Waals surface area contributed by atoms with E-state index in [1.807, 2.05) is 18.7 Å². The third-order valence-corrected chi connectivity index (χ3v) is 5.65. The highest BCUT2D eigenvalue weighted by Gasteiger charge is 2.31. The van der Waals surface area contributed by atoms with Crippen molar-refractivity contribution in [2.45, 2.75) is 30.8 Å². The zero-order chi connectivity index (χ0) is 24.9. The number of ether oxygens (including phenoxy) is 1. The number of guanidine groups is 2. The lowest BCUT2D eigenvalue weighted by atomic mass is 10.2. The first-order valence-electron chi connectivity index (χ1n) is 10.3. The number of halogens is 1. The Hall–Kier alpha value is -3.87. The van der Waals surface area contributed by atoms with Crippen molar-refractivity contribution in [1.29, 1.82) is 0 Å². The molecule has 0 unspecified atom stereocenters. The minimum atomic E-state index is -4.86. The van der Waals surface area contributed by atoms with Crippen LogP contribution >= 0.6 is 0 Å². The van der Waals surface area contributed by atoms with E-state index >= 15 is 0 Å². The maximum Gasteiger partial charge on any atom is 0.332 e. The number of nitrogens with one attached hydrogen (secondary N) is 2. The van der Waals surface area contributed by atoms with Gasteiger partial charge in [-0.1, -0.05) is 6.07 Å². The lowest BCUT2D eigenvalue weighted by Gasteiger charge is -2.38. The molecule has 0 saturated heterocycles. The Morgan fingerprint density at radius 3 is 2.44 bits per heavy atom. The Morgan fingerprint density at radius 2 is 1.79 bits per heavy atom. The number of carbonyl (C=O) groups excluding carboxylic acids is 1. The molecule has 0 radical (unpaired) electrons. The smallest absolute Gasteiger partial charge is 0.332 e. The van der Waals surface area contributed by atoms with Crippen LogP contribution in [0.4, 0.5) is 20.1 Å². The zero-order valence-electron chi connectivity index (χ0n) is 18.7. The summed E-state index contributed by atoms with van der Waals surface area (Å²) >= 11 is 0. The Morgan fingerprint density at radius 1 is 1.12 bits per heavy atom. The zero-order valence-corrected chi connectivity index (χ0v) is 19.5. The van der Waals surface area contributed by atoms with E-state index in [4.69, 9.17) is 16.2 Å². The molecule has 2 amide bonds. The van der Waals surface area contributed by atoms with Crippen LogP contribution in [0.5, 0.6) is 5.75 Å². The second kappa shape index (κ2) is 9.95. The SMILES string of the molecule is CC1(C)N=C(N)N=C(N)N1CCCOc1ccc(NC(=O)Nc2cccc(S(=O)(=O)F)c2)cc1. The number of carbonyl (C=O) groups is 1. The van der Waals surface area contributed by atoms with Crippen molar-refractivity contribution < 1.29 is 21.8 Å². The van der Waals surface area contributed by atoms with Gasteiger partial charge in [0.2, 0.25) is 11.9 Å². The summed E-state index contributed by atoms with van der Waals surface area (Å²) in [5.74, 6) is 1.07. The van der Waals surface area contributed by atoms with Gasteiger partial charge < -0.3 is 31.7 Å². The summed E-state index contributed by atoms with van der Waals surface area (Å²) < 4.78 is 40.8. The highest BCUT2D eigenvalue weighted by Crippen LogP contribution is 2.21. The van der Waals surface area contributed by atoms with Gasteiger partial charge in [-0.25, -0.2) is 9.79 Å². The van der Waals surface area contributed by atoms with Gasteiger partial charge in [0.25, 0.3) is 0 Å². The van der Waals surface area contributed by atoms with E-state index in [2.05, 4.69) is 20.6 Å². The predicted molar refractivity (Wildman–Crippen MR) is 128 cm³/mol. The third kappa shape index (κ3) is 6.57. The fourth-order valence-corrected chi connectivity index (χ4v) is 3.79. The van der Waals surface area contributed by atoms with Crippen LogP contribution < -0.4 is 26.8 Å². The van der Waals surface area contributed by atoms with Gasteiger partial charge in [-0.05, 0) is 62.7 Å². The Bertz CT molecular complexity index is 1210. The van der Waals surface area contributed by atoms with Crippen LogP contribution in [0.15, 0.2) is 63.4 Å². The fraction of sp³-hybridized carbons (Fsp3) is 0.286. The van der Waals surface area contributed by atoms with Crippen molar-refractivity contribution in [1.82, 2.24) is 4.90 Å². The molecular formula is C21H26FN7O4S. The molecule has 0 saturated carbocycles. The van der Waals surface area contributed by atoms with Gasteiger partial charge in [-0.2, -0.15) is 13.4 Å². The Balaban J connectivity index is 1.46. The van der Waals surface area contributed by atoms with Crippen molar-refractivity contribution in [3.63, 3.8) is 0 Å². The van der Waals surface area contributed by atoms with Gasteiger partial charge in [0.1, 0.15) is 16.3 Å². The number of aliphatic imine (C=N–C) groups is 2. The number of nitrogens with two attached hydrogens (primary N) is 2. The number of amides is 2. The highest BCUT2D eigenvalue weighted by atomic mass is 32.3. The van der Waals surface area contributed by atoms with Crippen LogP contribution in [0.1, 0.15) is 20.3 Å². The molecule has 6 N–H and O–H groups in total. The monoisotopic (exact) mass is 491 g/mol. The molecule has 2 aromatic rings. The molecule has 1 aliphatic rings. The molecule has 1 heterocycles. The molecule has 11 nitrogen and oxygen atoms in total. The molecule has 3 rings (SSSR count). The van der Waals surface area contributed by atoms with Crippen molar-refractivity contribution in [2.24, 2.45) is 21.5 Å². The lowest BCUT2D eigenvalue weighted by Crippen LogP contribution is -2.54. The average molecular weight is 492 g/mol. The van der Waals surface area contributed by atoms with E-state index in [0.29, 0.717) is 37.0 Å². The molecule has 0 aliphatic carbocycles. The van der Waals surface area contributed by atoms with E-state index in [9.17, 15) is 17.1 Å². The summed E-state index contributed by atoms with van der Waals surface area (Å²) in [6.07, 6.45) is 0.658. The van der Waals surface area contributed by atoms with Crippen molar-refractivity contribution in [3.8, 4) is 5.75 Å². The topological polar surface area (TPSA) is 164 Å². The fourth-order valence-electron chi connectivity index (χ4n) is 3.28. The average Bonchev–Trinajstić information content (AvgIpc) is 2.72. The first-order chi connectivity index (χ1) is 15.9. The van der Waals surface area contributed by atoms with Gasteiger partial charge in [0.05, 0.1) is 6.61 Å². The van der Waals surface area contributed by atoms with Crippen LogP contribution in [-0.2, 0) is 10.2 Å².